The molecule has 0 spiro atoms. The van der Waals surface area contributed by atoms with Crippen molar-refractivity contribution in [3.05, 3.63) is 83.4 Å². The zero-order chi connectivity index (χ0) is 21.6. The van der Waals surface area contributed by atoms with Gasteiger partial charge in [-0.15, -0.1) is 0 Å². The Morgan fingerprint density at radius 2 is 1.77 bits per heavy atom. The molecule has 4 nitrogen and oxygen atoms in total. The van der Waals surface area contributed by atoms with Gasteiger partial charge in [-0.2, -0.15) is 0 Å². The van der Waals surface area contributed by atoms with Crippen LogP contribution in [0.4, 0.5) is 0 Å². The third-order valence-electron chi connectivity index (χ3n) is 6.20. The molecule has 0 saturated carbocycles. The van der Waals surface area contributed by atoms with Gasteiger partial charge in [-0.1, -0.05) is 72.3 Å². The summed E-state index contributed by atoms with van der Waals surface area (Å²) < 4.78 is 0. The van der Waals surface area contributed by atoms with E-state index in [9.17, 15) is 9.59 Å². The highest BCUT2D eigenvalue weighted by Gasteiger charge is 2.28. The first-order valence-corrected chi connectivity index (χ1v) is 11.2. The van der Waals surface area contributed by atoms with Crippen molar-refractivity contribution in [3.63, 3.8) is 0 Å². The summed E-state index contributed by atoms with van der Waals surface area (Å²) >= 11 is 0. The van der Waals surface area contributed by atoms with Crippen LogP contribution in [0.5, 0.6) is 0 Å². The van der Waals surface area contributed by atoms with Crippen molar-refractivity contribution in [3.8, 4) is 0 Å². The van der Waals surface area contributed by atoms with Crippen LogP contribution >= 0.6 is 0 Å². The van der Waals surface area contributed by atoms with Crippen molar-refractivity contribution >= 4 is 22.6 Å². The van der Waals surface area contributed by atoms with Crippen LogP contribution in [-0.4, -0.2) is 36.3 Å². The van der Waals surface area contributed by atoms with Crippen LogP contribution in [0.25, 0.3) is 10.8 Å². The zero-order valence-corrected chi connectivity index (χ0v) is 18.1. The van der Waals surface area contributed by atoms with Crippen LogP contribution in [0.2, 0.25) is 0 Å². The molecule has 1 aliphatic heterocycles. The Morgan fingerprint density at radius 3 is 2.61 bits per heavy atom. The summed E-state index contributed by atoms with van der Waals surface area (Å²) in [5, 5.41) is 5.35. The topological polar surface area (TPSA) is 49.4 Å². The maximum absolute atomic E-state index is 13.0. The molecule has 0 radical (unpaired) electrons. The minimum absolute atomic E-state index is 0.0646. The largest absolute Gasteiger partial charge is 0.355 e. The van der Waals surface area contributed by atoms with E-state index in [0.29, 0.717) is 19.5 Å². The molecule has 0 aliphatic carbocycles. The second kappa shape index (κ2) is 9.78. The smallest absolute Gasteiger partial charge is 0.227 e. The van der Waals surface area contributed by atoms with E-state index >= 15 is 0 Å². The van der Waals surface area contributed by atoms with E-state index in [4.69, 9.17) is 0 Å². The van der Waals surface area contributed by atoms with E-state index in [1.54, 1.807) is 0 Å². The maximum atomic E-state index is 13.0. The fraction of sp³-hybridized carbons (Fsp3) is 0.333. The first kappa shape index (κ1) is 21.1. The number of fused-ring (bicyclic) bond motifs is 1. The Balaban J connectivity index is 1.31. The number of nitrogens with zero attached hydrogens (tertiary/aromatic N) is 1. The van der Waals surface area contributed by atoms with Crippen molar-refractivity contribution < 1.29 is 9.59 Å². The number of aryl methyl sites for hydroxylation is 1. The van der Waals surface area contributed by atoms with Gasteiger partial charge in [0.05, 0.1) is 12.3 Å². The molecule has 1 fully saturated rings. The standard InChI is InChI=1S/C27H30N2O2/c1-20-11-13-21(14-12-20)15-16-28-27(31)24-9-5-17-29(19-24)26(30)18-23-8-4-7-22-6-2-3-10-25(22)23/h2-4,6-8,10-14,24H,5,9,15-19H2,1H3,(H,28,31)/t24-/m0/s1. The molecular weight excluding hydrogens is 384 g/mol. The molecule has 0 aromatic heterocycles. The fourth-order valence-corrected chi connectivity index (χ4v) is 4.37. The molecule has 1 N–H and O–H groups in total. The van der Waals surface area contributed by atoms with E-state index < -0.39 is 0 Å². The summed E-state index contributed by atoms with van der Waals surface area (Å²) in [4.78, 5) is 27.6. The van der Waals surface area contributed by atoms with Gasteiger partial charge < -0.3 is 10.2 Å². The minimum atomic E-state index is -0.122. The molecule has 4 heteroatoms. The highest BCUT2D eigenvalue weighted by atomic mass is 16.2. The number of likely N-dealkylation sites (tertiary alicyclic amines) is 1. The van der Waals surface area contributed by atoms with Gasteiger partial charge in [-0.25, -0.2) is 0 Å². The molecular formula is C27H30N2O2. The Kier molecular flexibility index (Phi) is 6.66. The monoisotopic (exact) mass is 414 g/mol. The quantitative estimate of drug-likeness (QED) is 0.654. The summed E-state index contributed by atoms with van der Waals surface area (Å²) in [6.45, 7) is 3.95. The lowest BCUT2D eigenvalue weighted by Gasteiger charge is -2.32. The molecule has 3 aromatic rings. The van der Waals surface area contributed by atoms with E-state index in [-0.39, 0.29) is 17.7 Å². The van der Waals surface area contributed by atoms with Crippen molar-refractivity contribution in [2.75, 3.05) is 19.6 Å². The van der Waals surface area contributed by atoms with E-state index in [2.05, 4.69) is 54.7 Å². The summed E-state index contributed by atoms with van der Waals surface area (Å²) in [6, 6.07) is 22.7. The Bertz CT molecular complexity index is 1050. The third kappa shape index (κ3) is 5.32. The normalized spacial score (nSPS) is 16.3. The van der Waals surface area contributed by atoms with Gasteiger partial charge in [0.25, 0.3) is 0 Å². The predicted molar refractivity (Wildman–Crippen MR) is 125 cm³/mol. The lowest BCUT2D eigenvalue weighted by atomic mass is 9.95. The van der Waals surface area contributed by atoms with Gasteiger partial charge in [0.2, 0.25) is 11.8 Å². The molecule has 160 valence electrons. The van der Waals surface area contributed by atoms with Crippen molar-refractivity contribution in [1.29, 1.82) is 0 Å². The SMILES string of the molecule is Cc1ccc(CCNC(=O)[C@H]2CCCN(C(=O)Cc3cccc4ccccc34)C2)cc1. The highest BCUT2D eigenvalue weighted by Crippen LogP contribution is 2.22. The van der Waals surface area contributed by atoms with Gasteiger partial charge in [0.1, 0.15) is 0 Å². The van der Waals surface area contributed by atoms with Crippen molar-refractivity contribution in [1.82, 2.24) is 10.2 Å². The van der Waals surface area contributed by atoms with Crippen molar-refractivity contribution in [2.24, 2.45) is 5.92 Å². The number of piperidine rings is 1. The van der Waals surface area contributed by atoms with Crippen LogP contribution in [0.1, 0.15) is 29.5 Å². The van der Waals surface area contributed by atoms with Gasteiger partial charge in [-0.05, 0) is 48.1 Å². The molecule has 1 heterocycles. The molecule has 2 amide bonds. The number of hydrogen-bond acceptors (Lipinski definition) is 2. The number of amides is 2. The fourth-order valence-electron chi connectivity index (χ4n) is 4.37. The average molecular weight is 415 g/mol. The van der Waals surface area contributed by atoms with Crippen LogP contribution in [0.3, 0.4) is 0 Å². The van der Waals surface area contributed by atoms with Crippen LogP contribution in [-0.2, 0) is 22.4 Å². The van der Waals surface area contributed by atoms with Gasteiger partial charge in [0.15, 0.2) is 0 Å². The first-order valence-electron chi connectivity index (χ1n) is 11.2. The average Bonchev–Trinajstić information content (AvgIpc) is 2.80. The van der Waals surface area contributed by atoms with Crippen LogP contribution in [0, 0.1) is 12.8 Å². The summed E-state index contributed by atoms with van der Waals surface area (Å²) in [7, 11) is 0. The molecule has 31 heavy (non-hydrogen) atoms. The third-order valence-corrected chi connectivity index (χ3v) is 6.20. The second-order valence-electron chi connectivity index (χ2n) is 8.52. The van der Waals surface area contributed by atoms with E-state index in [0.717, 1.165) is 42.1 Å². The summed E-state index contributed by atoms with van der Waals surface area (Å²) in [6.07, 6.45) is 2.91. The van der Waals surface area contributed by atoms with E-state index in [1.807, 2.05) is 29.2 Å². The molecule has 3 aromatic carbocycles. The van der Waals surface area contributed by atoms with Crippen LogP contribution in [0.15, 0.2) is 66.7 Å². The lowest BCUT2D eigenvalue weighted by molar-refractivity contribution is -0.135. The van der Waals surface area contributed by atoms with Gasteiger partial charge in [0, 0.05) is 19.6 Å². The Labute approximate surface area is 184 Å². The highest BCUT2D eigenvalue weighted by molar-refractivity contribution is 5.90. The Morgan fingerprint density at radius 1 is 1.00 bits per heavy atom. The molecule has 0 unspecified atom stereocenters. The minimum Gasteiger partial charge on any atom is -0.355 e. The van der Waals surface area contributed by atoms with E-state index in [1.165, 1.54) is 11.1 Å². The number of benzene rings is 3. The summed E-state index contributed by atoms with van der Waals surface area (Å²) in [5.74, 6) is 0.0477. The summed E-state index contributed by atoms with van der Waals surface area (Å²) in [5.41, 5.74) is 3.51. The van der Waals surface area contributed by atoms with Gasteiger partial charge >= 0.3 is 0 Å². The first-order chi connectivity index (χ1) is 15.1. The Hall–Kier alpha value is -3.14. The van der Waals surface area contributed by atoms with Crippen molar-refractivity contribution in [2.45, 2.75) is 32.6 Å². The number of hydrogen-bond donors (Lipinski definition) is 1. The number of nitrogens with one attached hydrogen (secondary N) is 1. The predicted octanol–water partition coefficient (Wildman–Crippen LogP) is 4.29. The molecule has 1 saturated heterocycles. The van der Waals surface area contributed by atoms with Crippen LogP contribution < -0.4 is 5.32 Å². The zero-order valence-electron chi connectivity index (χ0n) is 18.1. The molecule has 1 atom stereocenters. The maximum Gasteiger partial charge on any atom is 0.227 e. The number of rotatable bonds is 6. The lowest BCUT2D eigenvalue weighted by Crippen LogP contribution is -2.46. The molecule has 0 bridgehead atoms. The van der Waals surface area contributed by atoms with Gasteiger partial charge in [-0.3, -0.25) is 9.59 Å². The molecule has 4 rings (SSSR count). The second-order valence-corrected chi connectivity index (χ2v) is 8.52. The number of carbonyl (C=O) groups excluding carboxylic acids is 2. The number of carbonyl (C=O) groups is 2. The molecule has 1 aliphatic rings.